The lowest BCUT2D eigenvalue weighted by Crippen LogP contribution is -2.57. The molecule has 2 amide bonds. The SMILES string of the molecule is CCC1NCC(=O)N(Cc2ccc(C#N)cc2)C1=O. The van der Waals surface area contributed by atoms with Crippen LogP contribution in [0.4, 0.5) is 0 Å². The van der Waals surface area contributed by atoms with Crippen LogP contribution in [0.15, 0.2) is 24.3 Å². The van der Waals surface area contributed by atoms with Gasteiger partial charge in [-0.15, -0.1) is 0 Å². The largest absolute Gasteiger partial charge is 0.297 e. The first-order chi connectivity index (χ1) is 9.15. The fourth-order valence-electron chi connectivity index (χ4n) is 2.06. The Labute approximate surface area is 111 Å². The van der Waals surface area contributed by atoms with E-state index in [1.165, 1.54) is 4.90 Å². The number of amides is 2. The Morgan fingerprint density at radius 3 is 2.63 bits per heavy atom. The van der Waals surface area contributed by atoms with Crippen LogP contribution in [0.25, 0.3) is 0 Å². The van der Waals surface area contributed by atoms with E-state index in [-0.39, 0.29) is 30.9 Å². The van der Waals surface area contributed by atoms with Crippen LogP contribution in [0.2, 0.25) is 0 Å². The Balaban J connectivity index is 2.13. The Hall–Kier alpha value is -2.19. The maximum absolute atomic E-state index is 12.1. The number of hydrogen-bond donors (Lipinski definition) is 1. The third-order valence-electron chi connectivity index (χ3n) is 3.20. The molecule has 1 aromatic carbocycles. The van der Waals surface area contributed by atoms with Crippen LogP contribution >= 0.6 is 0 Å². The predicted molar refractivity (Wildman–Crippen MR) is 68.8 cm³/mol. The number of piperazine rings is 1. The van der Waals surface area contributed by atoms with Crippen LogP contribution in [0.5, 0.6) is 0 Å². The smallest absolute Gasteiger partial charge is 0.246 e. The molecule has 1 saturated heterocycles. The molecule has 0 aliphatic carbocycles. The summed E-state index contributed by atoms with van der Waals surface area (Å²) in [6, 6.07) is 8.65. The van der Waals surface area contributed by atoms with Gasteiger partial charge in [-0.25, -0.2) is 0 Å². The van der Waals surface area contributed by atoms with E-state index in [0.717, 1.165) is 5.56 Å². The van der Waals surface area contributed by atoms with Crippen LogP contribution in [-0.2, 0) is 16.1 Å². The molecule has 1 atom stereocenters. The molecule has 2 rings (SSSR count). The van der Waals surface area contributed by atoms with E-state index >= 15 is 0 Å². The van der Waals surface area contributed by atoms with E-state index in [2.05, 4.69) is 5.32 Å². The Bertz CT molecular complexity index is 531. The molecule has 1 N–H and O–H groups in total. The highest BCUT2D eigenvalue weighted by molar-refractivity contribution is 6.01. The molecule has 0 spiro atoms. The number of carbonyl (C=O) groups is 2. The van der Waals surface area contributed by atoms with Crippen LogP contribution in [0, 0.1) is 11.3 Å². The summed E-state index contributed by atoms with van der Waals surface area (Å²) in [5, 5.41) is 11.6. The first-order valence-corrected chi connectivity index (χ1v) is 6.22. The molecule has 1 heterocycles. The van der Waals surface area contributed by atoms with Crippen LogP contribution in [0.1, 0.15) is 24.5 Å². The quantitative estimate of drug-likeness (QED) is 0.813. The zero-order valence-corrected chi connectivity index (χ0v) is 10.7. The minimum absolute atomic E-state index is 0.178. The summed E-state index contributed by atoms with van der Waals surface area (Å²) in [5.74, 6) is -0.387. The molecule has 5 nitrogen and oxygen atoms in total. The highest BCUT2D eigenvalue weighted by Crippen LogP contribution is 2.12. The number of carbonyl (C=O) groups excluding carboxylic acids is 2. The van der Waals surface area contributed by atoms with E-state index in [1.807, 2.05) is 13.0 Å². The average molecular weight is 257 g/mol. The van der Waals surface area contributed by atoms with Crippen molar-refractivity contribution < 1.29 is 9.59 Å². The van der Waals surface area contributed by atoms with Crippen molar-refractivity contribution in [1.29, 1.82) is 5.26 Å². The molecule has 0 saturated carbocycles. The number of hydrogen-bond acceptors (Lipinski definition) is 4. The van der Waals surface area contributed by atoms with Crippen molar-refractivity contribution in [2.75, 3.05) is 6.54 Å². The summed E-state index contributed by atoms with van der Waals surface area (Å²) in [4.78, 5) is 25.2. The number of rotatable bonds is 3. The number of imide groups is 1. The standard InChI is InChI=1S/C14H15N3O2/c1-2-12-14(19)17(13(18)8-16-12)9-11-5-3-10(7-15)4-6-11/h3-6,12,16H,2,8-9H2,1H3. The van der Waals surface area contributed by atoms with Crippen molar-refractivity contribution in [2.45, 2.75) is 25.9 Å². The van der Waals surface area contributed by atoms with E-state index < -0.39 is 0 Å². The van der Waals surface area contributed by atoms with E-state index in [9.17, 15) is 9.59 Å². The van der Waals surface area contributed by atoms with Gasteiger partial charge in [0.1, 0.15) is 0 Å². The highest BCUT2D eigenvalue weighted by Gasteiger charge is 2.32. The summed E-state index contributed by atoms with van der Waals surface area (Å²) in [7, 11) is 0. The molecule has 0 bridgehead atoms. The fraction of sp³-hybridized carbons (Fsp3) is 0.357. The molecule has 1 fully saturated rings. The minimum atomic E-state index is -0.281. The zero-order valence-electron chi connectivity index (χ0n) is 10.7. The second-order valence-electron chi connectivity index (χ2n) is 4.47. The van der Waals surface area contributed by atoms with Crippen molar-refractivity contribution in [2.24, 2.45) is 0 Å². The molecule has 0 radical (unpaired) electrons. The van der Waals surface area contributed by atoms with E-state index in [4.69, 9.17) is 5.26 Å². The summed E-state index contributed by atoms with van der Waals surface area (Å²) < 4.78 is 0. The number of nitrogens with one attached hydrogen (secondary N) is 1. The summed E-state index contributed by atoms with van der Waals surface area (Å²) in [6.07, 6.45) is 0.663. The molecular weight excluding hydrogens is 242 g/mol. The molecule has 98 valence electrons. The monoisotopic (exact) mass is 257 g/mol. The third kappa shape index (κ3) is 2.80. The molecule has 5 heteroatoms. The first kappa shape index (κ1) is 13.2. The number of benzene rings is 1. The first-order valence-electron chi connectivity index (χ1n) is 6.22. The molecule has 1 aliphatic rings. The van der Waals surface area contributed by atoms with Crippen LogP contribution in [0.3, 0.4) is 0 Å². The van der Waals surface area contributed by atoms with Crippen molar-refractivity contribution in [1.82, 2.24) is 10.2 Å². The molecule has 0 aromatic heterocycles. The predicted octanol–water partition coefficient (Wildman–Crippen LogP) is 0.795. The summed E-state index contributed by atoms with van der Waals surface area (Å²) in [6.45, 7) is 2.37. The van der Waals surface area contributed by atoms with Crippen LogP contribution in [-0.4, -0.2) is 29.3 Å². The van der Waals surface area contributed by atoms with Crippen molar-refractivity contribution >= 4 is 11.8 Å². The molecule has 19 heavy (non-hydrogen) atoms. The maximum atomic E-state index is 12.1. The van der Waals surface area contributed by atoms with Gasteiger partial charge in [-0.1, -0.05) is 19.1 Å². The molecule has 1 unspecified atom stereocenters. The van der Waals surface area contributed by atoms with Crippen molar-refractivity contribution in [3.05, 3.63) is 35.4 Å². The second kappa shape index (κ2) is 5.63. The van der Waals surface area contributed by atoms with Gasteiger partial charge in [0.05, 0.1) is 30.8 Å². The maximum Gasteiger partial charge on any atom is 0.246 e. The lowest BCUT2D eigenvalue weighted by molar-refractivity contribution is -0.150. The van der Waals surface area contributed by atoms with Gasteiger partial charge >= 0.3 is 0 Å². The fourth-order valence-corrected chi connectivity index (χ4v) is 2.06. The van der Waals surface area contributed by atoms with Gasteiger partial charge in [-0.3, -0.25) is 19.8 Å². The normalized spacial score (nSPS) is 19.4. The molecular formula is C14H15N3O2. The summed E-state index contributed by atoms with van der Waals surface area (Å²) >= 11 is 0. The lowest BCUT2D eigenvalue weighted by atomic mass is 10.1. The number of nitrogens with zero attached hydrogens (tertiary/aromatic N) is 2. The third-order valence-corrected chi connectivity index (χ3v) is 3.20. The minimum Gasteiger partial charge on any atom is -0.297 e. The highest BCUT2D eigenvalue weighted by atomic mass is 16.2. The van der Waals surface area contributed by atoms with Gasteiger partial charge in [0.2, 0.25) is 11.8 Å². The van der Waals surface area contributed by atoms with Gasteiger partial charge in [0, 0.05) is 0 Å². The van der Waals surface area contributed by atoms with Gasteiger partial charge in [-0.05, 0) is 24.1 Å². The molecule has 1 aromatic rings. The topological polar surface area (TPSA) is 73.2 Å². The van der Waals surface area contributed by atoms with E-state index in [1.54, 1.807) is 24.3 Å². The average Bonchev–Trinajstić information content (AvgIpc) is 2.44. The second-order valence-corrected chi connectivity index (χ2v) is 4.47. The van der Waals surface area contributed by atoms with Crippen LogP contribution < -0.4 is 5.32 Å². The van der Waals surface area contributed by atoms with Crippen molar-refractivity contribution in [3.8, 4) is 6.07 Å². The number of nitriles is 1. The molecule has 1 aliphatic heterocycles. The Kier molecular flexibility index (Phi) is 3.93. The van der Waals surface area contributed by atoms with E-state index in [0.29, 0.717) is 12.0 Å². The summed E-state index contributed by atoms with van der Waals surface area (Å²) in [5.41, 5.74) is 1.41. The zero-order chi connectivity index (χ0) is 13.8. The Morgan fingerprint density at radius 1 is 1.37 bits per heavy atom. The Morgan fingerprint density at radius 2 is 2.05 bits per heavy atom. The van der Waals surface area contributed by atoms with Gasteiger partial charge in [0.15, 0.2) is 0 Å². The lowest BCUT2D eigenvalue weighted by Gasteiger charge is -2.31. The van der Waals surface area contributed by atoms with Gasteiger partial charge < -0.3 is 0 Å². The van der Waals surface area contributed by atoms with Crippen molar-refractivity contribution in [3.63, 3.8) is 0 Å². The van der Waals surface area contributed by atoms with Gasteiger partial charge in [0.25, 0.3) is 0 Å². The van der Waals surface area contributed by atoms with Gasteiger partial charge in [-0.2, -0.15) is 5.26 Å².